The summed E-state index contributed by atoms with van der Waals surface area (Å²) in [6, 6.07) is 22.1. The molecule has 0 aliphatic heterocycles. The molecule has 0 heterocycles. The molecule has 0 radical (unpaired) electrons. The number of aryl methyl sites for hydroxylation is 1. The monoisotopic (exact) mass is 482 g/mol. The van der Waals surface area contributed by atoms with Gasteiger partial charge in [-0.1, -0.05) is 54.6 Å². The zero-order chi connectivity index (χ0) is 24.6. The Labute approximate surface area is 229 Å². The molecule has 0 unspecified atom stereocenters. The number of carbonyl (C=O) groups excluding carboxylic acids is 1. The molecular formula is C28H31N2NaO4. The quantitative estimate of drug-likeness (QED) is 0.356. The molecule has 178 valence electrons. The minimum atomic E-state index is -1.11. The number of aliphatic hydroxyl groups excluding tert-OH is 1. The summed E-state index contributed by atoms with van der Waals surface area (Å²) in [6.07, 6.45) is 0.817. The summed E-state index contributed by atoms with van der Waals surface area (Å²) in [5.41, 5.74) is 2.08. The van der Waals surface area contributed by atoms with Crippen molar-refractivity contribution >= 4 is 16.7 Å². The molecule has 2 N–H and O–H groups in total. The van der Waals surface area contributed by atoms with Gasteiger partial charge < -0.3 is 25.1 Å². The Morgan fingerprint density at radius 1 is 1.14 bits per heavy atom. The van der Waals surface area contributed by atoms with E-state index in [0.29, 0.717) is 30.7 Å². The summed E-state index contributed by atoms with van der Waals surface area (Å²) in [5.74, 6) is -0.715. The Morgan fingerprint density at radius 2 is 1.89 bits per heavy atom. The predicted molar refractivity (Wildman–Crippen MR) is 130 cm³/mol. The van der Waals surface area contributed by atoms with Crippen molar-refractivity contribution in [1.29, 1.82) is 5.26 Å². The summed E-state index contributed by atoms with van der Waals surface area (Å²) in [7, 11) is 0. The van der Waals surface area contributed by atoms with Crippen LogP contribution >= 0.6 is 0 Å². The Balaban J connectivity index is 0.00000432. The number of nitrogens with zero attached hydrogens (tertiary/aromatic N) is 1. The van der Waals surface area contributed by atoms with Crippen LogP contribution in [0.25, 0.3) is 10.8 Å². The number of hydrogen-bond donors (Lipinski definition) is 2. The number of fused-ring (bicyclic) bond motifs is 1. The second kappa shape index (κ2) is 13.6. The third-order valence-corrected chi connectivity index (χ3v) is 5.76. The average Bonchev–Trinajstić information content (AvgIpc) is 2.81. The first-order valence-electron chi connectivity index (χ1n) is 11.5. The molecule has 0 spiro atoms. The van der Waals surface area contributed by atoms with E-state index >= 15 is 0 Å². The maximum atomic E-state index is 10.6. The van der Waals surface area contributed by atoms with E-state index in [0.717, 1.165) is 12.0 Å². The number of β-amino-alcohol motifs (C(OH)–C–C–N with tert-alkyl or cyclic N) is 1. The molecule has 3 aromatic carbocycles. The molecule has 0 amide bonds. The van der Waals surface area contributed by atoms with Crippen LogP contribution in [0.3, 0.4) is 0 Å². The van der Waals surface area contributed by atoms with Crippen molar-refractivity contribution < 1.29 is 49.3 Å². The van der Waals surface area contributed by atoms with Gasteiger partial charge in [0.25, 0.3) is 0 Å². The van der Waals surface area contributed by atoms with Crippen LogP contribution in [0.15, 0.2) is 60.7 Å². The topological polar surface area (TPSA) is 105 Å². The number of carboxylic acids is 1. The molecule has 0 saturated carbocycles. The molecule has 0 fully saturated rings. The number of aliphatic hydroxyl groups is 1. The second-order valence-corrected chi connectivity index (χ2v) is 9.22. The van der Waals surface area contributed by atoms with Crippen molar-refractivity contribution in [2.24, 2.45) is 0 Å². The standard InChI is InChI=1S/C28H32N2O4.Na/c1-28(2,16-20-13-14-21-7-3-4-8-23(21)15-20)30-18-24(31)19-34-26-11-5-9-22(25(26)17-29)10-6-12-27(32)33;/h3-5,7-9,11,13-15,24,30-31H,6,10,12,16,18-19H2,1-2H3,(H,32,33);/q;+1/p-1/t24-;/m1./s1. The minimum Gasteiger partial charge on any atom is -0.550 e. The van der Waals surface area contributed by atoms with Crippen LogP contribution in [0.2, 0.25) is 0 Å². The SMILES string of the molecule is CC(C)(Cc1ccc2ccccc2c1)NC[C@@H](O)COc1cccc(CCCC(=O)[O-])c1C#N.[Na+]. The normalized spacial score (nSPS) is 11.9. The van der Waals surface area contributed by atoms with E-state index < -0.39 is 12.1 Å². The zero-order valence-corrected chi connectivity index (χ0v) is 22.7. The van der Waals surface area contributed by atoms with E-state index in [9.17, 15) is 20.3 Å². The molecule has 3 aromatic rings. The number of ether oxygens (including phenoxy) is 1. The fraction of sp³-hybridized carbons (Fsp3) is 0.357. The van der Waals surface area contributed by atoms with E-state index in [-0.39, 0.29) is 48.1 Å². The number of nitriles is 1. The number of rotatable bonds is 12. The smallest absolute Gasteiger partial charge is 0.550 e. The first kappa shape index (κ1) is 28.8. The Bertz CT molecular complexity index is 1170. The van der Waals surface area contributed by atoms with Gasteiger partial charge in [0.1, 0.15) is 24.5 Å². The first-order valence-corrected chi connectivity index (χ1v) is 11.5. The van der Waals surface area contributed by atoms with Gasteiger partial charge in [0.2, 0.25) is 0 Å². The fourth-order valence-corrected chi connectivity index (χ4v) is 4.02. The molecule has 0 bridgehead atoms. The number of carboxylic acid groups (broad SMARTS) is 1. The number of carbonyl (C=O) groups is 1. The maximum Gasteiger partial charge on any atom is 1.00 e. The van der Waals surface area contributed by atoms with Crippen LogP contribution in [-0.2, 0) is 17.6 Å². The van der Waals surface area contributed by atoms with Gasteiger partial charge in [0.05, 0.1) is 5.56 Å². The maximum absolute atomic E-state index is 10.6. The molecule has 7 heteroatoms. The summed E-state index contributed by atoms with van der Waals surface area (Å²) in [5, 5.41) is 36.5. The largest absolute Gasteiger partial charge is 1.00 e. The van der Waals surface area contributed by atoms with Crippen LogP contribution in [0.1, 0.15) is 43.4 Å². The molecular weight excluding hydrogens is 451 g/mol. The van der Waals surface area contributed by atoms with E-state index in [1.54, 1.807) is 18.2 Å². The summed E-state index contributed by atoms with van der Waals surface area (Å²) in [6.45, 7) is 4.57. The van der Waals surface area contributed by atoms with Gasteiger partial charge in [0.15, 0.2) is 0 Å². The number of aliphatic carboxylic acids is 1. The molecule has 3 rings (SSSR count). The molecule has 0 aromatic heterocycles. The van der Waals surface area contributed by atoms with Crippen molar-refractivity contribution in [2.75, 3.05) is 13.2 Å². The van der Waals surface area contributed by atoms with Gasteiger partial charge >= 0.3 is 29.6 Å². The Kier molecular flexibility index (Phi) is 11.2. The van der Waals surface area contributed by atoms with E-state index in [1.165, 1.54) is 16.3 Å². The number of nitrogens with one attached hydrogen (secondary N) is 1. The van der Waals surface area contributed by atoms with Crippen molar-refractivity contribution in [3.63, 3.8) is 0 Å². The summed E-state index contributed by atoms with van der Waals surface area (Å²) < 4.78 is 5.75. The second-order valence-electron chi connectivity index (χ2n) is 9.22. The van der Waals surface area contributed by atoms with E-state index in [1.807, 2.05) is 12.1 Å². The van der Waals surface area contributed by atoms with Gasteiger partial charge in [0, 0.05) is 18.1 Å². The van der Waals surface area contributed by atoms with Gasteiger partial charge in [-0.05, 0) is 67.5 Å². The molecule has 0 saturated heterocycles. The summed E-state index contributed by atoms with van der Waals surface area (Å²) >= 11 is 0. The van der Waals surface area contributed by atoms with Crippen molar-refractivity contribution in [3.05, 3.63) is 77.4 Å². The third-order valence-electron chi connectivity index (χ3n) is 5.76. The molecule has 1 atom stereocenters. The third kappa shape index (κ3) is 8.96. The van der Waals surface area contributed by atoms with E-state index in [4.69, 9.17) is 4.74 Å². The minimum absolute atomic E-state index is 0. The van der Waals surface area contributed by atoms with Gasteiger partial charge in [-0.15, -0.1) is 0 Å². The summed E-state index contributed by atoms with van der Waals surface area (Å²) in [4.78, 5) is 10.6. The van der Waals surface area contributed by atoms with Gasteiger partial charge in [-0.3, -0.25) is 0 Å². The van der Waals surface area contributed by atoms with Crippen molar-refractivity contribution in [1.82, 2.24) is 5.32 Å². The number of hydrogen-bond acceptors (Lipinski definition) is 6. The fourth-order valence-electron chi connectivity index (χ4n) is 4.02. The number of benzene rings is 3. The molecule has 0 aliphatic carbocycles. The van der Waals surface area contributed by atoms with Crippen LogP contribution in [0, 0.1) is 11.3 Å². The van der Waals surface area contributed by atoms with Gasteiger partial charge in [-0.25, -0.2) is 0 Å². The predicted octanol–water partition coefficient (Wildman–Crippen LogP) is 0.139. The van der Waals surface area contributed by atoms with Crippen LogP contribution in [-0.4, -0.2) is 35.9 Å². The molecule has 35 heavy (non-hydrogen) atoms. The van der Waals surface area contributed by atoms with Gasteiger partial charge in [-0.2, -0.15) is 5.26 Å². The first-order chi connectivity index (χ1) is 16.3. The van der Waals surface area contributed by atoms with E-state index in [2.05, 4.69) is 55.6 Å². The Morgan fingerprint density at radius 3 is 2.60 bits per heavy atom. The van der Waals surface area contributed by atoms with Crippen molar-refractivity contribution in [2.45, 2.75) is 51.2 Å². The van der Waals surface area contributed by atoms with Crippen LogP contribution in [0.4, 0.5) is 0 Å². The molecule has 6 nitrogen and oxygen atoms in total. The zero-order valence-electron chi connectivity index (χ0n) is 20.7. The average molecular weight is 483 g/mol. The molecule has 0 aliphatic rings. The van der Waals surface area contributed by atoms with Crippen LogP contribution in [0.5, 0.6) is 5.75 Å². The Hall–Kier alpha value is -2.40. The van der Waals surface area contributed by atoms with Crippen molar-refractivity contribution in [3.8, 4) is 11.8 Å². The van der Waals surface area contributed by atoms with Crippen LogP contribution < -0.4 is 44.7 Å².